The third kappa shape index (κ3) is 9.26. The highest BCUT2D eigenvalue weighted by atomic mass is 32.2. The largest absolute Gasteiger partial charge is 0.398 e. The van der Waals surface area contributed by atoms with E-state index < -0.39 is 39.2 Å². The fourth-order valence-corrected chi connectivity index (χ4v) is 2.65. The fraction of sp³-hybridized carbons (Fsp3) is 0.929. The zero-order valence-corrected chi connectivity index (χ0v) is 14.8. The predicted octanol–water partition coefficient (Wildman–Crippen LogP) is 2.77. The van der Waals surface area contributed by atoms with Gasteiger partial charge in [0.25, 0.3) is 10.1 Å². The van der Waals surface area contributed by atoms with E-state index in [-0.39, 0.29) is 25.9 Å². The van der Waals surface area contributed by atoms with Crippen molar-refractivity contribution >= 4 is 15.9 Å². The lowest BCUT2D eigenvalue weighted by Gasteiger charge is -2.27. The van der Waals surface area contributed by atoms with Crippen LogP contribution in [0.25, 0.3) is 0 Å². The molecule has 0 saturated heterocycles. The minimum absolute atomic E-state index is 0.0409. The number of nitrogens with zero attached hydrogens (tertiary/aromatic N) is 1. The highest BCUT2D eigenvalue weighted by molar-refractivity contribution is 7.85. The molecule has 0 aliphatic rings. The molecule has 138 valence electrons. The van der Waals surface area contributed by atoms with Crippen molar-refractivity contribution in [3.63, 3.8) is 0 Å². The zero-order valence-electron chi connectivity index (χ0n) is 14.0. The van der Waals surface area contributed by atoms with E-state index in [9.17, 15) is 26.4 Å². The summed E-state index contributed by atoms with van der Waals surface area (Å²) in [4.78, 5) is 13.6. The Bertz CT molecular complexity index is 483. The van der Waals surface area contributed by atoms with Crippen LogP contribution >= 0.6 is 0 Å². The van der Waals surface area contributed by atoms with Crippen molar-refractivity contribution in [2.75, 3.05) is 25.4 Å². The Hall–Kier alpha value is -0.670. The summed E-state index contributed by atoms with van der Waals surface area (Å²) in [5.41, 5.74) is -1.07. The van der Waals surface area contributed by atoms with Gasteiger partial charge in [-0.2, -0.15) is 21.6 Å². The van der Waals surface area contributed by atoms with Crippen LogP contribution < -0.4 is 0 Å². The fourth-order valence-electron chi connectivity index (χ4n) is 2.16. The van der Waals surface area contributed by atoms with Crippen molar-refractivity contribution in [3.05, 3.63) is 0 Å². The summed E-state index contributed by atoms with van der Waals surface area (Å²) >= 11 is 0. The SMILES string of the molecule is CCN(CCC[C@H](C(=O)C(C)(C)C)C(F)(F)F)CCS(=O)(=O)O. The third-order valence-electron chi connectivity index (χ3n) is 3.53. The summed E-state index contributed by atoms with van der Waals surface area (Å²) in [6.45, 7) is 6.83. The van der Waals surface area contributed by atoms with Crippen molar-refractivity contribution < 1.29 is 30.9 Å². The molecule has 0 rings (SSSR count). The van der Waals surface area contributed by atoms with Crippen molar-refractivity contribution in [3.8, 4) is 0 Å². The summed E-state index contributed by atoms with van der Waals surface area (Å²) in [6.07, 6.45) is -4.80. The molecule has 1 N–H and O–H groups in total. The molecule has 23 heavy (non-hydrogen) atoms. The number of Topliss-reactive ketones (excluding diaryl/α,β-unsaturated/α-hetero) is 1. The molecule has 0 aromatic carbocycles. The van der Waals surface area contributed by atoms with E-state index in [2.05, 4.69) is 0 Å². The maximum absolute atomic E-state index is 13.1. The topological polar surface area (TPSA) is 74.7 Å². The van der Waals surface area contributed by atoms with Gasteiger partial charge >= 0.3 is 6.18 Å². The van der Waals surface area contributed by atoms with Crippen molar-refractivity contribution in [2.24, 2.45) is 11.3 Å². The molecular weight excluding hydrogens is 335 g/mol. The van der Waals surface area contributed by atoms with Gasteiger partial charge in [0, 0.05) is 12.0 Å². The van der Waals surface area contributed by atoms with Gasteiger partial charge in [0.15, 0.2) is 0 Å². The molecule has 0 spiro atoms. The summed E-state index contributed by atoms with van der Waals surface area (Å²) in [5.74, 6) is -3.32. The minimum atomic E-state index is -4.59. The summed E-state index contributed by atoms with van der Waals surface area (Å²) in [6, 6.07) is 0. The summed E-state index contributed by atoms with van der Waals surface area (Å²) in [7, 11) is -4.10. The van der Waals surface area contributed by atoms with Gasteiger partial charge in [-0.05, 0) is 25.9 Å². The van der Waals surface area contributed by atoms with E-state index >= 15 is 0 Å². The van der Waals surface area contributed by atoms with Crippen LogP contribution in [0.15, 0.2) is 0 Å². The third-order valence-corrected chi connectivity index (χ3v) is 4.23. The number of carbonyl (C=O) groups is 1. The second-order valence-corrected chi connectivity index (χ2v) is 8.14. The minimum Gasteiger partial charge on any atom is -0.303 e. The molecule has 0 amide bonds. The van der Waals surface area contributed by atoms with Crippen molar-refractivity contribution in [2.45, 2.75) is 46.7 Å². The van der Waals surface area contributed by atoms with E-state index in [0.717, 1.165) is 0 Å². The van der Waals surface area contributed by atoms with Crippen LogP contribution in [0.4, 0.5) is 13.2 Å². The molecule has 0 fully saturated rings. The molecule has 0 radical (unpaired) electrons. The predicted molar refractivity (Wildman–Crippen MR) is 81.8 cm³/mol. The average molecular weight is 361 g/mol. The van der Waals surface area contributed by atoms with E-state index in [1.165, 1.54) is 20.8 Å². The lowest BCUT2D eigenvalue weighted by Crippen LogP contribution is -2.38. The van der Waals surface area contributed by atoms with Gasteiger partial charge in [-0.3, -0.25) is 9.35 Å². The molecule has 0 unspecified atom stereocenters. The highest BCUT2D eigenvalue weighted by Crippen LogP contribution is 2.35. The first-order valence-corrected chi connectivity index (χ1v) is 9.08. The van der Waals surface area contributed by atoms with E-state index in [0.29, 0.717) is 6.54 Å². The molecule has 0 bridgehead atoms. The van der Waals surface area contributed by atoms with Gasteiger partial charge in [0.05, 0.1) is 5.75 Å². The molecule has 9 heteroatoms. The molecular formula is C14H26F3NO4S. The Morgan fingerprint density at radius 2 is 1.70 bits per heavy atom. The number of carbonyl (C=O) groups excluding carboxylic acids is 1. The quantitative estimate of drug-likeness (QED) is 0.639. The number of halogens is 3. The monoisotopic (exact) mass is 361 g/mol. The van der Waals surface area contributed by atoms with Gasteiger partial charge in [-0.1, -0.05) is 27.7 Å². The first-order chi connectivity index (χ1) is 10.2. The first kappa shape index (κ1) is 22.3. The normalized spacial score (nSPS) is 15.0. The summed E-state index contributed by atoms with van der Waals surface area (Å²) < 4.78 is 69.3. The molecule has 0 aliphatic heterocycles. The molecule has 0 aliphatic carbocycles. The Labute approximate surface area is 136 Å². The second kappa shape index (κ2) is 8.43. The van der Waals surface area contributed by atoms with Crippen LogP contribution in [0.1, 0.15) is 40.5 Å². The van der Waals surface area contributed by atoms with Gasteiger partial charge in [-0.25, -0.2) is 0 Å². The number of alkyl halides is 3. The molecule has 0 aromatic rings. The van der Waals surface area contributed by atoms with Crippen molar-refractivity contribution in [1.82, 2.24) is 4.90 Å². The second-order valence-electron chi connectivity index (χ2n) is 6.57. The number of rotatable bonds is 9. The maximum atomic E-state index is 13.1. The highest BCUT2D eigenvalue weighted by Gasteiger charge is 2.47. The van der Waals surface area contributed by atoms with Crippen LogP contribution in [-0.2, 0) is 14.9 Å². The van der Waals surface area contributed by atoms with Crippen molar-refractivity contribution in [1.29, 1.82) is 0 Å². The first-order valence-electron chi connectivity index (χ1n) is 7.47. The number of ketones is 1. The van der Waals surface area contributed by atoms with Crippen LogP contribution in [0, 0.1) is 11.3 Å². The number of hydrogen-bond donors (Lipinski definition) is 1. The molecule has 0 aromatic heterocycles. The Balaban J connectivity index is 4.66. The molecule has 1 atom stereocenters. The maximum Gasteiger partial charge on any atom is 0.398 e. The number of hydrogen-bond acceptors (Lipinski definition) is 4. The van der Waals surface area contributed by atoms with Gasteiger partial charge in [0.1, 0.15) is 11.7 Å². The van der Waals surface area contributed by atoms with Gasteiger partial charge < -0.3 is 4.90 Å². The smallest absolute Gasteiger partial charge is 0.303 e. The van der Waals surface area contributed by atoms with Crippen LogP contribution in [0.2, 0.25) is 0 Å². The standard InChI is InChI=1S/C14H26F3NO4S/c1-5-18(9-10-23(20,21)22)8-6-7-11(14(15,16)17)12(19)13(2,3)4/h11H,5-10H2,1-4H3,(H,20,21,22)/t11-/m1/s1. The van der Waals surface area contributed by atoms with Gasteiger partial charge in [-0.15, -0.1) is 0 Å². The molecule has 0 heterocycles. The Morgan fingerprint density at radius 1 is 1.17 bits per heavy atom. The van der Waals surface area contributed by atoms with Crippen LogP contribution in [0.3, 0.4) is 0 Å². The molecule has 5 nitrogen and oxygen atoms in total. The lowest BCUT2D eigenvalue weighted by atomic mass is 9.81. The molecule has 0 saturated carbocycles. The van der Waals surface area contributed by atoms with E-state index in [4.69, 9.17) is 4.55 Å². The zero-order chi connectivity index (χ0) is 18.5. The van der Waals surface area contributed by atoms with E-state index in [1.807, 2.05) is 0 Å². The van der Waals surface area contributed by atoms with Crippen LogP contribution in [0.5, 0.6) is 0 Å². The average Bonchev–Trinajstić information content (AvgIpc) is 2.33. The van der Waals surface area contributed by atoms with Crippen LogP contribution in [-0.4, -0.2) is 55.2 Å². The summed E-state index contributed by atoms with van der Waals surface area (Å²) in [5, 5.41) is 0. The Kier molecular flexibility index (Phi) is 8.19. The van der Waals surface area contributed by atoms with E-state index in [1.54, 1.807) is 11.8 Å². The lowest BCUT2D eigenvalue weighted by molar-refractivity contribution is -0.187. The van der Waals surface area contributed by atoms with Gasteiger partial charge in [0.2, 0.25) is 0 Å². The Morgan fingerprint density at radius 3 is 2.04 bits per heavy atom.